The average molecular weight is 444 g/mol. The normalized spacial score (nSPS) is 11.2. The number of nitrogens with zero attached hydrogens (tertiary/aromatic N) is 1. The summed E-state index contributed by atoms with van der Waals surface area (Å²) in [6, 6.07) is 5.23. The zero-order valence-electron chi connectivity index (χ0n) is 20.1. The van der Waals surface area contributed by atoms with E-state index in [4.69, 9.17) is 9.15 Å². The van der Waals surface area contributed by atoms with Crippen LogP contribution in [0.1, 0.15) is 109 Å². The van der Waals surface area contributed by atoms with Crippen LogP contribution in [0.2, 0.25) is 0 Å². The molecule has 178 valence electrons. The summed E-state index contributed by atoms with van der Waals surface area (Å²) in [5, 5.41) is 0.382. The summed E-state index contributed by atoms with van der Waals surface area (Å²) in [4.78, 5) is 27.8. The molecule has 0 fully saturated rings. The zero-order valence-corrected chi connectivity index (χ0v) is 20.1. The maximum Gasteiger partial charge on any atom is 0.397 e. The van der Waals surface area contributed by atoms with Gasteiger partial charge in [0.25, 0.3) is 0 Å². The van der Waals surface area contributed by atoms with Crippen molar-refractivity contribution in [2.75, 3.05) is 6.61 Å². The van der Waals surface area contributed by atoms with Crippen molar-refractivity contribution in [2.45, 2.75) is 110 Å². The molecule has 0 saturated carbocycles. The Balaban J connectivity index is 1.54. The van der Waals surface area contributed by atoms with Crippen LogP contribution in [0.5, 0.6) is 6.08 Å². The third-order valence-corrected chi connectivity index (χ3v) is 5.85. The standard InChI is InChI=1S/C27H41NO4/c1-3-4-5-6-7-8-9-10-11-12-13-14-15-16-19-31-27-28-25-18-17-23(20-22(2)29)21-24(25)26(30)32-27/h17-18,21H,3-16,19-20H2,1-2H3. The van der Waals surface area contributed by atoms with Gasteiger partial charge in [-0.25, -0.2) is 4.79 Å². The molecular formula is C27H41NO4. The van der Waals surface area contributed by atoms with E-state index in [1.54, 1.807) is 12.1 Å². The van der Waals surface area contributed by atoms with Crippen molar-refractivity contribution >= 4 is 16.7 Å². The van der Waals surface area contributed by atoms with E-state index in [-0.39, 0.29) is 11.9 Å². The fraction of sp³-hybridized carbons (Fsp3) is 0.667. The minimum atomic E-state index is -0.476. The van der Waals surface area contributed by atoms with E-state index in [2.05, 4.69) is 11.9 Å². The van der Waals surface area contributed by atoms with E-state index in [0.717, 1.165) is 18.4 Å². The van der Waals surface area contributed by atoms with Gasteiger partial charge in [-0.15, -0.1) is 0 Å². The molecule has 0 aliphatic carbocycles. The van der Waals surface area contributed by atoms with Gasteiger partial charge in [0.05, 0.1) is 17.5 Å². The average Bonchev–Trinajstić information content (AvgIpc) is 2.76. The highest BCUT2D eigenvalue weighted by Crippen LogP contribution is 2.16. The SMILES string of the molecule is CCCCCCCCCCCCCCCCOc1nc2ccc(CC(C)=O)cc2c(=O)o1. The molecule has 1 heterocycles. The number of fused-ring (bicyclic) bond motifs is 1. The lowest BCUT2D eigenvalue weighted by Gasteiger charge is -2.06. The van der Waals surface area contributed by atoms with Crippen LogP contribution >= 0.6 is 0 Å². The summed E-state index contributed by atoms with van der Waals surface area (Å²) < 4.78 is 10.8. The zero-order chi connectivity index (χ0) is 23.0. The van der Waals surface area contributed by atoms with Gasteiger partial charge in [-0.2, -0.15) is 4.98 Å². The molecule has 0 aliphatic rings. The van der Waals surface area contributed by atoms with Crippen molar-refractivity contribution in [3.05, 3.63) is 34.2 Å². The van der Waals surface area contributed by atoms with Gasteiger partial charge in [0, 0.05) is 6.42 Å². The van der Waals surface area contributed by atoms with E-state index < -0.39 is 5.63 Å². The molecule has 0 amide bonds. The predicted octanol–water partition coefficient (Wildman–Crippen LogP) is 7.18. The first kappa shape index (κ1) is 26.1. The Hall–Kier alpha value is -2.17. The van der Waals surface area contributed by atoms with Gasteiger partial charge in [0.2, 0.25) is 0 Å². The van der Waals surface area contributed by atoms with Crippen molar-refractivity contribution < 1.29 is 13.9 Å². The third kappa shape index (κ3) is 10.4. The van der Waals surface area contributed by atoms with Gasteiger partial charge in [0.1, 0.15) is 5.78 Å². The van der Waals surface area contributed by atoms with E-state index >= 15 is 0 Å². The summed E-state index contributed by atoms with van der Waals surface area (Å²) in [5.41, 5.74) is 0.844. The maximum absolute atomic E-state index is 12.2. The third-order valence-electron chi connectivity index (χ3n) is 5.85. The van der Waals surface area contributed by atoms with Crippen molar-refractivity contribution in [3.63, 3.8) is 0 Å². The Morgan fingerprint density at radius 3 is 2.00 bits per heavy atom. The minimum Gasteiger partial charge on any atom is -0.450 e. The second-order valence-corrected chi connectivity index (χ2v) is 8.94. The molecule has 0 N–H and O–H groups in total. The highest BCUT2D eigenvalue weighted by molar-refractivity contribution is 5.82. The van der Waals surface area contributed by atoms with Crippen LogP contribution in [0.3, 0.4) is 0 Å². The second kappa shape index (κ2) is 15.6. The van der Waals surface area contributed by atoms with Crippen molar-refractivity contribution in [1.82, 2.24) is 4.98 Å². The Morgan fingerprint density at radius 1 is 0.875 bits per heavy atom. The molecule has 5 heteroatoms. The molecule has 0 bridgehead atoms. The van der Waals surface area contributed by atoms with E-state index in [1.807, 2.05) is 6.07 Å². The number of hydrogen-bond acceptors (Lipinski definition) is 5. The topological polar surface area (TPSA) is 69.4 Å². The number of carbonyl (C=O) groups excluding carboxylic acids is 1. The first-order chi connectivity index (χ1) is 15.6. The number of rotatable bonds is 18. The van der Waals surface area contributed by atoms with Crippen LogP contribution < -0.4 is 10.4 Å². The van der Waals surface area contributed by atoms with Gasteiger partial charge in [-0.3, -0.25) is 4.79 Å². The molecule has 0 unspecified atom stereocenters. The first-order valence-electron chi connectivity index (χ1n) is 12.7. The van der Waals surface area contributed by atoms with E-state index in [1.165, 1.54) is 84.0 Å². The molecule has 2 aromatic rings. The van der Waals surface area contributed by atoms with Gasteiger partial charge in [0.15, 0.2) is 0 Å². The van der Waals surface area contributed by atoms with Gasteiger partial charge in [-0.1, -0.05) is 96.5 Å². The second-order valence-electron chi connectivity index (χ2n) is 8.94. The molecule has 0 radical (unpaired) electrons. The van der Waals surface area contributed by atoms with E-state index in [0.29, 0.717) is 23.9 Å². The Bertz CT molecular complexity index is 858. The Labute approximate surface area is 193 Å². The lowest BCUT2D eigenvalue weighted by molar-refractivity contribution is -0.116. The van der Waals surface area contributed by atoms with Gasteiger partial charge in [-0.05, 0) is 31.0 Å². The number of ketones is 1. The number of carbonyl (C=O) groups is 1. The highest BCUT2D eigenvalue weighted by atomic mass is 16.6. The molecule has 2 rings (SSSR count). The maximum atomic E-state index is 12.2. The summed E-state index contributed by atoms with van der Waals surface area (Å²) in [5.74, 6) is 0.0508. The Kier molecular flexibility index (Phi) is 12.7. The molecular weight excluding hydrogens is 402 g/mol. The number of ether oxygens (including phenoxy) is 1. The van der Waals surface area contributed by atoms with Crippen LogP contribution in [0.25, 0.3) is 10.9 Å². The smallest absolute Gasteiger partial charge is 0.397 e. The number of Topliss-reactive ketones (excluding diaryl/α,β-unsaturated/α-hetero) is 1. The van der Waals surface area contributed by atoms with Crippen LogP contribution in [-0.4, -0.2) is 17.4 Å². The lowest BCUT2D eigenvalue weighted by Crippen LogP contribution is -2.07. The van der Waals surface area contributed by atoms with Crippen LogP contribution in [0.4, 0.5) is 0 Å². The van der Waals surface area contributed by atoms with E-state index in [9.17, 15) is 9.59 Å². The first-order valence-corrected chi connectivity index (χ1v) is 12.7. The largest absolute Gasteiger partial charge is 0.450 e. The summed E-state index contributed by atoms with van der Waals surface area (Å²) in [6.07, 6.45) is 18.7. The molecule has 0 aliphatic heterocycles. The summed E-state index contributed by atoms with van der Waals surface area (Å²) >= 11 is 0. The number of unbranched alkanes of at least 4 members (excludes halogenated alkanes) is 13. The number of hydrogen-bond donors (Lipinski definition) is 0. The summed E-state index contributed by atoms with van der Waals surface area (Å²) in [7, 11) is 0. The van der Waals surface area contributed by atoms with Gasteiger partial charge < -0.3 is 9.15 Å². The summed E-state index contributed by atoms with van der Waals surface area (Å²) in [6.45, 7) is 4.30. The number of benzene rings is 1. The molecule has 32 heavy (non-hydrogen) atoms. The monoisotopic (exact) mass is 443 g/mol. The highest BCUT2D eigenvalue weighted by Gasteiger charge is 2.09. The molecule has 0 spiro atoms. The van der Waals surface area contributed by atoms with Crippen molar-refractivity contribution in [2.24, 2.45) is 0 Å². The van der Waals surface area contributed by atoms with Gasteiger partial charge >= 0.3 is 11.7 Å². The molecule has 1 aromatic heterocycles. The molecule has 0 saturated heterocycles. The molecule has 5 nitrogen and oxygen atoms in total. The lowest BCUT2D eigenvalue weighted by atomic mass is 10.0. The Morgan fingerprint density at radius 2 is 1.44 bits per heavy atom. The fourth-order valence-corrected chi connectivity index (χ4v) is 4.01. The van der Waals surface area contributed by atoms with Crippen LogP contribution in [-0.2, 0) is 11.2 Å². The fourth-order valence-electron chi connectivity index (χ4n) is 4.01. The van der Waals surface area contributed by atoms with Crippen molar-refractivity contribution in [3.8, 4) is 6.08 Å². The molecule has 0 atom stereocenters. The predicted molar refractivity (Wildman–Crippen MR) is 130 cm³/mol. The van der Waals surface area contributed by atoms with Crippen molar-refractivity contribution in [1.29, 1.82) is 0 Å². The van der Waals surface area contributed by atoms with Crippen LogP contribution in [0, 0.1) is 0 Å². The number of aromatic nitrogens is 1. The quantitative estimate of drug-likeness (QED) is 0.228. The molecule has 1 aromatic carbocycles. The minimum absolute atomic E-state index is 0.0245. The van der Waals surface area contributed by atoms with Crippen LogP contribution in [0.15, 0.2) is 27.4 Å².